The SMILES string of the molecule is Br.CN(Cc1ccccc1)C(=O)CNC(N)=NCc1ccccc1. The van der Waals surface area contributed by atoms with Crippen molar-refractivity contribution in [3.63, 3.8) is 0 Å². The lowest BCUT2D eigenvalue weighted by Gasteiger charge is -2.17. The number of nitrogens with one attached hydrogen (secondary N) is 1. The van der Waals surface area contributed by atoms with Gasteiger partial charge in [-0.15, -0.1) is 17.0 Å². The Morgan fingerprint density at radius 1 is 1.04 bits per heavy atom. The van der Waals surface area contributed by atoms with Crippen LogP contribution in [0.2, 0.25) is 0 Å². The Morgan fingerprint density at radius 3 is 2.17 bits per heavy atom. The van der Waals surface area contributed by atoms with E-state index in [1.165, 1.54) is 0 Å². The standard InChI is InChI=1S/C18H22N4O.BrH/c1-22(14-16-10-6-3-7-11-16)17(23)13-21-18(19)20-12-15-8-4-2-5-9-15;/h2-11H,12-14H2,1H3,(H3,19,20,21);1H. The molecule has 5 nitrogen and oxygen atoms in total. The van der Waals surface area contributed by atoms with Crippen LogP contribution >= 0.6 is 17.0 Å². The Balaban J connectivity index is 0.00000288. The van der Waals surface area contributed by atoms with E-state index in [1.807, 2.05) is 60.7 Å². The second-order valence-corrected chi connectivity index (χ2v) is 5.28. The number of halogens is 1. The second kappa shape index (κ2) is 10.4. The maximum Gasteiger partial charge on any atom is 0.242 e. The number of nitrogens with zero attached hydrogens (tertiary/aromatic N) is 2. The highest BCUT2D eigenvalue weighted by Crippen LogP contribution is 2.02. The summed E-state index contributed by atoms with van der Waals surface area (Å²) in [4.78, 5) is 18.0. The first-order valence-corrected chi connectivity index (χ1v) is 7.51. The van der Waals surface area contributed by atoms with Gasteiger partial charge in [0, 0.05) is 13.6 Å². The van der Waals surface area contributed by atoms with Crippen molar-refractivity contribution in [3.05, 3.63) is 71.8 Å². The van der Waals surface area contributed by atoms with Gasteiger partial charge in [-0.25, -0.2) is 4.99 Å². The lowest BCUT2D eigenvalue weighted by Crippen LogP contribution is -2.41. The predicted molar refractivity (Wildman–Crippen MR) is 103 cm³/mol. The molecule has 2 aromatic rings. The molecule has 128 valence electrons. The summed E-state index contributed by atoms with van der Waals surface area (Å²) in [6.07, 6.45) is 0. The van der Waals surface area contributed by atoms with Crippen LogP contribution in [0.3, 0.4) is 0 Å². The minimum atomic E-state index is -0.0354. The van der Waals surface area contributed by atoms with Gasteiger partial charge < -0.3 is 16.0 Å². The van der Waals surface area contributed by atoms with Crippen LogP contribution in [0.5, 0.6) is 0 Å². The minimum absolute atomic E-state index is 0. The molecule has 0 atom stereocenters. The zero-order valence-corrected chi connectivity index (χ0v) is 15.4. The summed E-state index contributed by atoms with van der Waals surface area (Å²) in [6.45, 7) is 1.20. The van der Waals surface area contributed by atoms with Crippen LogP contribution in [0.25, 0.3) is 0 Å². The number of hydrogen-bond donors (Lipinski definition) is 2. The highest BCUT2D eigenvalue weighted by molar-refractivity contribution is 8.93. The Labute approximate surface area is 153 Å². The molecular formula is C18H23BrN4O. The summed E-state index contributed by atoms with van der Waals surface area (Å²) in [7, 11) is 1.77. The van der Waals surface area contributed by atoms with E-state index in [0.29, 0.717) is 13.1 Å². The van der Waals surface area contributed by atoms with Gasteiger partial charge in [-0.2, -0.15) is 0 Å². The van der Waals surface area contributed by atoms with Crippen molar-refractivity contribution in [2.24, 2.45) is 10.7 Å². The van der Waals surface area contributed by atoms with Gasteiger partial charge in [0.15, 0.2) is 5.96 Å². The maximum absolute atomic E-state index is 12.1. The fourth-order valence-electron chi connectivity index (χ4n) is 2.06. The van der Waals surface area contributed by atoms with E-state index >= 15 is 0 Å². The first-order valence-electron chi connectivity index (χ1n) is 7.51. The fraction of sp³-hybridized carbons (Fsp3) is 0.222. The first kappa shape index (κ1) is 19.7. The number of nitrogens with two attached hydrogens (primary N) is 1. The molecule has 0 heterocycles. The average Bonchev–Trinajstić information content (AvgIpc) is 2.59. The third-order valence-corrected chi connectivity index (χ3v) is 3.38. The highest BCUT2D eigenvalue weighted by atomic mass is 79.9. The van der Waals surface area contributed by atoms with Crippen molar-refractivity contribution in [2.45, 2.75) is 13.1 Å². The van der Waals surface area contributed by atoms with Gasteiger partial charge in [0.2, 0.25) is 5.91 Å². The van der Waals surface area contributed by atoms with Crippen LogP contribution in [0.4, 0.5) is 0 Å². The van der Waals surface area contributed by atoms with Crippen LogP contribution in [0.15, 0.2) is 65.7 Å². The number of benzene rings is 2. The molecule has 0 spiro atoms. The fourth-order valence-corrected chi connectivity index (χ4v) is 2.06. The molecule has 0 aliphatic carbocycles. The van der Waals surface area contributed by atoms with Gasteiger partial charge in [0.1, 0.15) is 0 Å². The summed E-state index contributed by atoms with van der Waals surface area (Å²) in [6, 6.07) is 19.7. The minimum Gasteiger partial charge on any atom is -0.370 e. The molecule has 0 aliphatic heterocycles. The van der Waals surface area contributed by atoms with E-state index in [-0.39, 0.29) is 35.4 Å². The molecular weight excluding hydrogens is 368 g/mol. The van der Waals surface area contributed by atoms with Crippen molar-refractivity contribution in [1.29, 1.82) is 0 Å². The lowest BCUT2D eigenvalue weighted by molar-refractivity contribution is -0.129. The number of amides is 1. The van der Waals surface area contributed by atoms with Crippen LogP contribution in [-0.4, -0.2) is 30.4 Å². The van der Waals surface area contributed by atoms with E-state index in [0.717, 1.165) is 11.1 Å². The molecule has 0 radical (unpaired) electrons. The number of carbonyl (C=O) groups is 1. The van der Waals surface area contributed by atoms with Gasteiger partial charge in [0.25, 0.3) is 0 Å². The molecule has 1 amide bonds. The number of aliphatic imine (C=N–C) groups is 1. The van der Waals surface area contributed by atoms with E-state index in [2.05, 4.69) is 10.3 Å². The number of rotatable bonds is 6. The smallest absolute Gasteiger partial charge is 0.242 e. The average molecular weight is 391 g/mol. The topological polar surface area (TPSA) is 70.7 Å². The highest BCUT2D eigenvalue weighted by Gasteiger charge is 2.09. The molecule has 0 saturated carbocycles. The number of carbonyl (C=O) groups excluding carboxylic acids is 1. The maximum atomic E-state index is 12.1. The van der Waals surface area contributed by atoms with Gasteiger partial charge in [-0.3, -0.25) is 4.79 Å². The molecule has 0 aromatic heterocycles. The molecule has 0 bridgehead atoms. The third kappa shape index (κ3) is 6.83. The van der Waals surface area contributed by atoms with Gasteiger partial charge in [-0.1, -0.05) is 60.7 Å². The first-order chi connectivity index (χ1) is 11.1. The molecule has 6 heteroatoms. The summed E-state index contributed by atoms with van der Waals surface area (Å²) >= 11 is 0. The van der Waals surface area contributed by atoms with Crippen LogP contribution in [0, 0.1) is 0 Å². The summed E-state index contributed by atoms with van der Waals surface area (Å²) in [5, 5.41) is 2.86. The third-order valence-electron chi connectivity index (χ3n) is 3.38. The van der Waals surface area contributed by atoms with Crippen LogP contribution in [0.1, 0.15) is 11.1 Å². The summed E-state index contributed by atoms with van der Waals surface area (Å²) in [5.41, 5.74) is 7.96. The summed E-state index contributed by atoms with van der Waals surface area (Å²) in [5.74, 6) is 0.238. The normalized spacial score (nSPS) is 10.6. The molecule has 24 heavy (non-hydrogen) atoms. The molecule has 0 unspecified atom stereocenters. The number of hydrogen-bond acceptors (Lipinski definition) is 2. The number of guanidine groups is 1. The summed E-state index contributed by atoms with van der Waals surface area (Å²) < 4.78 is 0. The van der Waals surface area contributed by atoms with Gasteiger partial charge in [0.05, 0.1) is 13.1 Å². The number of likely N-dealkylation sites (N-methyl/N-ethyl adjacent to an activating group) is 1. The van der Waals surface area contributed by atoms with Crippen molar-refractivity contribution in [2.75, 3.05) is 13.6 Å². The zero-order chi connectivity index (χ0) is 16.5. The quantitative estimate of drug-likeness (QED) is 0.587. The monoisotopic (exact) mass is 390 g/mol. The Bertz CT molecular complexity index is 647. The molecule has 2 rings (SSSR count). The van der Waals surface area contributed by atoms with Crippen molar-refractivity contribution >= 4 is 28.8 Å². The Hall–Kier alpha value is -2.34. The lowest BCUT2D eigenvalue weighted by atomic mass is 10.2. The second-order valence-electron chi connectivity index (χ2n) is 5.28. The van der Waals surface area contributed by atoms with Crippen molar-refractivity contribution in [3.8, 4) is 0 Å². The molecule has 3 N–H and O–H groups in total. The van der Waals surface area contributed by atoms with Crippen molar-refractivity contribution in [1.82, 2.24) is 10.2 Å². The largest absolute Gasteiger partial charge is 0.370 e. The molecule has 2 aromatic carbocycles. The van der Waals surface area contributed by atoms with E-state index in [1.54, 1.807) is 11.9 Å². The van der Waals surface area contributed by atoms with Crippen LogP contribution < -0.4 is 11.1 Å². The van der Waals surface area contributed by atoms with Gasteiger partial charge >= 0.3 is 0 Å². The molecule has 0 fully saturated rings. The molecule has 0 aliphatic rings. The Kier molecular flexibility index (Phi) is 8.57. The van der Waals surface area contributed by atoms with Crippen LogP contribution in [-0.2, 0) is 17.9 Å². The van der Waals surface area contributed by atoms with Gasteiger partial charge in [-0.05, 0) is 11.1 Å². The molecule has 0 saturated heterocycles. The predicted octanol–water partition coefficient (Wildman–Crippen LogP) is 2.33. The van der Waals surface area contributed by atoms with E-state index in [4.69, 9.17) is 5.73 Å². The van der Waals surface area contributed by atoms with E-state index < -0.39 is 0 Å². The zero-order valence-electron chi connectivity index (χ0n) is 13.7. The van der Waals surface area contributed by atoms with E-state index in [9.17, 15) is 4.79 Å². The van der Waals surface area contributed by atoms with Crippen molar-refractivity contribution < 1.29 is 4.79 Å². The Morgan fingerprint density at radius 2 is 1.58 bits per heavy atom.